The van der Waals surface area contributed by atoms with Crippen LogP contribution < -0.4 is 4.90 Å². The van der Waals surface area contributed by atoms with Gasteiger partial charge in [-0.25, -0.2) is 9.97 Å². The smallest absolute Gasteiger partial charge is 0.225 e. The number of aromatic nitrogens is 2. The molecule has 3 aliphatic rings. The molecule has 0 spiro atoms. The van der Waals surface area contributed by atoms with E-state index in [1.807, 2.05) is 6.07 Å². The van der Waals surface area contributed by atoms with E-state index in [0.29, 0.717) is 11.9 Å². The molecule has 0 bridgehead atoms. The summed E-state index contributed by atoms with van der Waals surface area (Å²) in [6, 6.07) is 2.44. The molecule has 4 heterocycles. The highest BCUT2D eigenvalue weighted by atomic mass is 16.2. The van der Waals surface area contributed by atoms with Crippen molar-refractivity contribution in [3.05, 3.63) is 18.5 Å². The van der Waals surface area contributed by atoms with Crippen molar-refractivity contribution in [3.63, 3.8) is 0 Å². The predicted molar refractivity (Wildman–Crippen MR) is 92.8 cm³/mol. The normalized spacial score (nSPS) is 26.2. The van der Waals surface area contributed by atoms with Crippen LogP contribution >= 0.6 is 0 Å². The molecule has 1 aromatic rings. The molecule has 0 N–H and O–H groups in total. The summed E-state index contributed by atoms with van der Waals surface area (Å²) < 4.78 is 0. The molecule has 4 rings (SSSR count). The van der Waals surface area contributed by atoms with E-state index in [0.717, 1.165) is 51.5 Å². The molecule has 24 heavy (non-hydrogen) atoms. The fraction of sp³-hybridized carbons (Fsp3) is 0.722. The minimum absolute atomic E-state index is 0.181. The van der Waals surface area contributed by atoms with Crippen molar-refractivity contribution in [2.75, 3.05) is 44.2 Å². The second-order valence-corrected chi connectivity index (χ2v) is 7.28. The summed E-state index contributed by atoms with van der Waals surface area (Å²) in [7, 11) is 0. The molecular formula is C18H27N5O. The zero-order valence-electron chi connectivity index (χ0n) is 14.3. The third-order valence-electron chi connectivity index (χ3n) is 5.83. The highest BCUT2D eigenvalue weighted by Crippen LogP contribution is 2.26. The van der Waals surface area contributed by atoms with Gasteiger partial charge in [-0.3, -0.25) is 9.69 Å². The summed E-state index contributed by atoms with van der Waals surface area (Å²) in [4.78, 5) is 28.5. The lowest BCUT2D eigenvalue weighted by Gasteiger charge is -2.45. The van der Waals surface area contributed by atoms with E-state index < -0.39 is 0 Å². The maximum atomic E-state index is 12.9. The minimum atomic E-state index is 0.181. The van der Waals surface area contributed by atoms with Crippen molar-refractivity contribution in [2.45, 2.75) is 38.1 Å². The third kappa shape index (κ3) is 3.24. The number of carbonyl (C=O) groups is 1. The summed E-state index contributed by atoms with van der Waals surface area (Å²) in [5, 5.41) is 0. The second-order valence-electron chi connectivity index (χ2n) is 7.28. The summed E-state index contributed by atoms with van der Waals surface area (Å²) in [6.45, 7) is 5.90. The van der Waals surface area contributed by atoms with E-state index in [9.17, 15) is 4.79 Å². The van der Waals surface area contributed by atoms with Crippen molar-refractivity contribution >= 4 is 11.9 Å². The average molecular weight is 329 g/mol. The van der Waals surface area contributed by atoms with E-state index in [-0.39, 0.29) is 5.92 Å². The Morgan fingerprint density at radius 3 is 2.54 bits per heavy atom. The Bertz CT molecular complexity index is 558. The quantitative estimate of drug-likeness (QED) is 0.821. The molecule has 130 valence electrons. The maximum absolute atomic E-state index is 12.9. The first-order valence-electron chi connectivity index (χ1n) is 9.36. The van der Waals surface area contributed by atoms with Crippen LogP contribution in [0.1, 0.15) is 32.1 Å². The first-order valence-corrected chi connectivity index (χ1v) is 9.36. The van der Waals surface area contributed by atoms with Crippen LogP contribution in [-0.2, 0) is 4.79 Å². The third-order valence-corrected chi connectivity index (χ3v) is 5.83. The zero-order valence-corrected chi connectivity index (χ0v) is 14.3. The first-order chi connectivity index (χ1) is 11.8. The topological polar surface area (TPSA) is 52.6 Å². The molecule has 3 fully saturated rings. The van der Waals surface area contributed by atoms with E-state index in [4.69, 9.17) is 0 Å². The highest BCUT2D eigenvalue weighted by Gasteiger charge is 2.35. The maximum Gasteiger partial charge on any atom is 0.225 e. The van der Waals surface area contributed by atoms with Crippen LogP contribution in [0.3, 0.4) is 0 Å². The van der Waals surface area contributed by atoms with Gasteiger partial charge in [0.05, 0.1) is 0 Å². The van der Waals surface area contributed by atoms with Crippen LogP contribution in [0, 0.1) is 5.92 Å². The van der Waals surface area contributed by atoms with Gasteiger partial charge in [0.15, 0.2) is 0 Å². The van der Waals surface area contributed by atoms with Crippen molar-refractivity contribution < 1.29 is 4.79 Å². The number of nitrogens with zero attached hydrogens (tertiary/aromatic N) is 5. The average Bonchev–Trinajstić information content (AvgIpc) is 2.68. The van der Waals surface area contributed by atoms with Crippen LogP contribution in [0.2, 0.25) is 0 Å². The number of anilines is 1. The number of hydrogen-bond donors (Lipinski definition) is 0. The molecule has 0 radical (unpaired) electrons. The van der Waals surface area contributed by atoms with E-state index in [1.54, 1.807) is 12.4 Å². The van der Waals surface area contributed by atoms with Crippen molar-refractivity contribution in [3.8, 4) is 0 Å². The molecular weight excluding hydrogens is 302 g/mol. The zero-order chi connectivity index (χ0) is 16.4. The highest BCUT2D eigenvalue weighted by molar-refractivity contribution is 5.79. The number of piperazine rings is 1. The van der Waals surface area contributed by atoms with E-state index in [1.165, 1.54) is 25.8 Å². The van der Waals surface area contributed by atoms with Gasteiger partial charge in [0.2, 0.25) is 11.9 Å². The number of piperidine rings is 2. The number of fused-ring (bicyclic) bond motifs is 1. The van der Waals surface area contributed by atoms with Gasteiger partial charge in [0, 0.05) is 57.1 Å². The number of hydrogen-bond acceptors (Lipinski definition) is 5. The molecule has 1 aromatic heterocycles. The Morgan fingerprint density at radius 2 is 1.75 bits per heavy atom. The summed E-state index contributed by atoms with van der Waals surface area (Å²) in [6.07, 6.45) is 9.30. The number of amides is 1. The molecule has 3 aliphatic heterocycles. The number of rotatable bonds is 2. The van der Waals surface area contributed by atoms with Crippen molar-refractivity contribution in [1.29, 1.82) is 0 Å². The van der Waals surface area contributed by atoms with Gasteiger partial charge in [-0.1, -0.05) is 6.42 Å². The minimum Gasteiger partial charge on any atom is -0.341 e. The standard InChI is InChI=1S/C18H27N5O/c24-17(23-13-12-21-9-2-1-4-16(21)14-23)15-5-10-22(11-6-15)18-19-7-3-8-20-18/h3,7-8,15-16H,1-2,4-6,9-14H2. The molecule has 1 amide bonds. The Morgan fingerprint density at radius 1 is 0.958 bits per heavy atom. The molecule has 0 aromatic carbocycles. The number of carbonyl (C=O) groups excluding carboxylic acids is 1. The SMILES string of the molecule is O=C(C1CCN(c2ncccn2)CC1)N1CCN2CCCCC2C1. The van der Waals surface area contributed by atoms with E-state index in [2.05, 4.69) is 24.7 Å². The van der Waals surface area contributed by atoms with Crippen molar-refractivity contribution in [1.82, 2.24) is 19.8 Å². The fourth-order valence-electron chi connectivity index (χ4n) is 4.40. The molecule has 3 saturated heterocycles. The first kappa shape index (κ1) is 15.8. The molecule has 0 aliphatic carbocycles. The van der Waals surface area contributed by atoms with Gasteiger partial charge in [-0.15, -0.1) is 0 Å². The molecule has 1 unspecified atom stereocenters. The Labute approximate surface area is 143 Å². The van der Waals surface area contributed by atoms with Gasteiger partial charge in [0.25, 0.3) is 0 Å². The summed E-state index contributed by atoms with van der Waals surface area (Å²) >= 11 is 0. The summed E-state index contributed by atoms with van der Waals surface area (Å²) in [5.74, 6) is 1.35. The lowest BCUT2D eigenvalue weighted by atomic mass is 9.93. The second kappa shape index (κ2) is 7.05. The molecule has 6 heteroatoms. The van der Waals surface area contributed by atoms with Crippen LogP contribution in [0.15, 0.2) is 18.5 Å². The van der Waals surface area contributed by atoms with Gasteiger partial charge in [-0.2, -0.15) is 0 Å². The Hall–Kier alpha value is -1.69. The Kier molecular flexibility index (Phi) is 4.65. The van der Waals surface area contributed by atoms with E-state index >= 15 is 0 Å². The van der Waals surface area contributed by atoms with Crippen LogP contribution in [0.4, 0.5) is 5.95 Å². The van der Waals surface area contributed by atoms with Crippen molar-refractivity contribution in [2.24, 2.45) is 5.92 Å². The predicted octanol–water partition coefficient (Wildman–Crippen LogP) is 1.39. The molecule has 1 atom stereocenters. The fourth-order valence-corrected chi connectivity index (χ4v) is 4.40. The molecule has 6 nitrogen and oxygen atoms in total. The van der Waals surface area contributed by atoms with Gasteiger partial charge < -0.3 is 9.80 Å². The largest absolute Gasteiger partial charge is 0.341 e. The van der Waals surface area contributed by atoms with Crippen LogP contribution in [-0.4, -0.2) is 71.0 Å². The lowest BCUT2D eigenvalue weighted by molar-refractivity contribution is -0.139. The van der Waals surface area contributed by atoms with Crippen LogP contribution in [0.25, 0.3) is 0 Å². The van der Waals surface area contributed by atoms with Crippen LogP contribution in [0.5, 0.6) is 0 Å². The van der Waals surface area contributed by atoms with Gasteiger partial charge in [-0.05, 0) is 38.3 Å². The van der Waals surface area contributed by atoms with Gasteiger partial charge in [0.1, 0.15) is 0 Å². The monoisotopic (exact) mass is 329 g/mol. The van der Waals surface area contributed by atoms with Gasteiger partial charge >= 0.3 is 0 Å². The lowest BCUT2D eigenvalue weighted by Crippen LogP contribution is -2.57. The Balaban J connectivity index is 1.31. The molecule has 0 saturated carbocycles. The summed E-state index contributed by atoms with van der Waals surface area (Å²) in [5.41, 5.74) is 0.